The van der Waals surface area contributed by atoms with Crippen molar-refractivity contribution in [2.75, 3.05) is 11.9 Å². The van der Waals surface area contributed by atoms with E-state index >= 15 is 0 Å². The molecular formula is C20H21N3O3. The van der Waals surface area contributed by atoms with Crippen molar-refractivity contribution in [2.24, 2.45) is 0 Å². The van der Waals surface area contributed by atoms with E-state index in [-0.39, 0.29) is 12.5 Å². The fraction of sp³-hybridized carbons (Fsp3) is 0.250. The number of hydrogen-bond donors (Lipinski definition) is 2. The monoisotopic (exact) mass is 351 g/mol. The van der Waals surface area contributed by atoms with Crippen LogP contribution >= 0.6 is 0 Å². The van der Waals surface area contributed by atoms with Gasteiger partial charge in [0.25, 0.3) is 5.91 Å². The number of benzene rings is 2. The highest BCUT2D eigenvalue weighted by Gasteiger charge is 2.47. The summed E-state index contributed by atoms with van der Waals surface area (Å²) in [5, 5.41) is 5.41. The number of carbonyl (C=O) groups is 3. The third-order valence-electron chi connectivity index (χ3n) is 4.46. The first-order valence-electron chi connectivity index (χ1n) is 8.51. The molecule has 4 amide bonds. The van der Waals surface area contributed by atoms with E-state index in [1.807, 2.05) is 36.4 Å². The minimum atomic E-state index is -1.00. The van der Waals surface area contributed by atoms with Gasteiger partial charge in [-0.05, 0) is 37.5 Å². The molecule has 0 spiro atoms. The predicted molar refractivity (Wildman–Crippen MR) is 98.5 cm³/mol. The molecule has 1 aliphatic rings. The molecular weight excluding hydrogens is 330 g/mol. The SMILES string of the molecule is C[C@]1(CCc2ccccc2)NC(=O)N(CC(=O)Nc2ccccc2)C1=O. The van der Waals surface area contributed by atoms with Gasteiger partial charge in [-0.3, -0.25) is 14.5 Å². The van der Waals surface area contributed by atoms with Crippen molar-refractivity contribution >= 4 is 23.5 Å². The highest BCUT2D eigenvalue weighted by molar-refractivity contribution is 6.09. The van der Waals surface area contributed by atoms with E-state index in [1.54, 1.807) is 31.2 Å². The molecule has 1 heterocycles. The zero-order valence-corrected chi connectivity index (χ0v) is 14.6. The Balaban J connectivity index is 1.61. The molecule has 1 saturated heterocycles. The van der Waals surface area contributed by atoms with Gasteiger partial charge in [-0.1, -0.05) is 48.5 Å². The van der Waals surface area contributed by atoms with Crippen LogP contribution in [0.4, 0.5) is 10.5 Å². The van der Waals surface area contributed by atoms with E-state index in [0.717, 1.165) is 10.5 Å². The fourth-order valence-electron chi connectivity index (χ4n) is 2.96. The lowest BCUT2D eigenvalue weighted by atomic mass is 9.93. The number of rotatable bonds is 6. The maximum absolute atomic E-state index is 12.7. The summed E-state index contributed by atoms with van der Waals surface area (Å²) in [6.45, 7) is 1.39. The van der Waals surface area contributed by atoms with Crippen LogP contribution in [0.1, 0.15) is 18.9 Å². The average Bonchev–Trinajstić information content (AvgIpc) is 2.85. The molecule has 2 aromatic carbocycles. The standard InChI is InChI=1S/C20H21N3O3/c1-20(13-12-15-8-4-2-5-9-15)18(25)23(19(26)22-20)14-17(24)21-16-10-6-3-7-11-16/h2-11H,12-14H2,1H3,(H,21,24)(H,22,26)/t20-/m1/s1. The second kappa shape index (κ2) is 7.39. The lowest BCUT2D eigenvalue weighted by Crippen LogP contribution is -2.45. The molecule has 0 unspecified atom stereocenters. The Hall–Kier alpha value is -3.15. The molecule has 1 atom stereocenters. The Morgan fingerprint density at radius 2 is 1.65 bits per heavy atom. The van der Waals surface area contributed by atoms with Gasteiger partial charge < -0.3 is 10.6 Å². The van der Waals surface area contributed by atoms with Gasteiger partial charge in [0, 0.05) is 5.69 Å². The molecule has 0 aromatic heterocycles. The number of anilines is 1. The first-order chi connectivity index (χ1) is 12.5. The number of para-hydroxylation sites is 1. The molecule has 3 rings (SSSR count). The second-order valence-electron chi connectivity index (χ2n) is 6.55. The quantitative estimate of drug-likeness (QED) is 0.785. The summed E-state index contributed by atoms with van der Waals surface area (Å²) in [6, 6.07) is 18.2. The van der Waals surface area contributed by atoms with Gasteiger partial charge in [0.1, 0.15) is 12.1 Å². The van der Waals surface area contributed by atoms with Gasteiger partial charge in [0.05, 0.1) is 0 Å². The predicted octanol–water partition coefficient (Wildman–Crippen LogP) is 2.57. The van der Waals surface area contributed by atoms with Crippen LogP contribution in [0.15, 0.2) is 60.7 Å². The number of hydrogen-bond acceptors (Lipinski definition) is 3. The zero-order valence-electron chi connectivity index (χ0n) is 14.6. The second-order valence-corrected chi connectivity index (χ2v) is 6.55. The molecule has 26 heavy (non-hydrogen) atoms. The molecule has 0 radical (unpaired) electrons. The summed E-state index contributed by atoms with van der Waals surface area (Å²) < 4.78 is 0. The summed E-state index contributed by atoms with van der Waals surface area (Å²) in [7, 11) is 0. The number of carbonyl (C=O) groups excluding carboxylic acids is 3. The summed E-state index contributed by atoms with van der Waals surface area (Å²) >= 11 is 0. The third-order valence-corrected chi connectivity index (χ3v) is 4.46. The maximum Gasteiger partial charge on any atom is 0.325 e. The van der Waals surface area contributed by atoms with Gasteiger partial charge in [-0.2, -0.15) is 0 Å². The van der Waals surface area contributed by atoms with Gasteiger partial charge >= 0.3 is 6.03 Å². The molecule has 2 N–H and O–H groups in total. The fourth-order valence-corrected chi connectivity index (χ4v) is 2.96. The Kier molecular flexibility index (Phi) is 5.02. The number of nitrogens with one attached hydrogen (secondary N) is 2. The molecule has 0 aliphatic carbocycles. The summed E-state index contributed by atoms with van der Waals surface area (Å²) in [5.41, 5.74) is 0.715. The van der Waals surface area contributed by atoms with E-state index in [4.69, 9.17) is 0 Å². The number of aryl methyl sites for hydroxylation is 1. The molecule has 2 aromatic rings. The van der Waals surface area contributed by atoms with Crippen LogP contribution < -0.4 is 10.6 Å². The Morgan fingerprint density at radius 1 is 1.04 bits per heavy atom. The van der Waals surface area contributed by atoms with Crippen LogP contribution in [0.3, 0.4) is 0 Å². The van der Waals surface area contributed by atoms with Crippen LogP contribution in [-0.4, -0.2) is 34.8 Å². The van der Waals surface area contributed by atoms with Crippen molar-refractivity contribution in [3.05, 3.63) is 66.2 Å². The zero-order chi connectivity index (χ0) is 18.6. The average molecular weight is 351 g/mol. The van der Waals surface area contributed by atoms with Crippen molar-refractivity contribution in [1.29, 1.82) is 0 Å². The Labute approximate surface area is 152 Å². The van der Waals surface area contributed by atoms with Crippen LogP contribution in [0.25, 0.3) is 0 Å². The molecule has 1 aliphatic heterocycles. The van der Waals surface area contributed by atoms with E-state index < -0.39 is 17.5 Å². The van der Waals surface area contributed by atoms with Crippen molar-refractivity contribution in [2.45, 2.75) is 25.3 Å². The molecule has 6 heteroatoms. The van der Waals surface area contributed by atoms with Crippen LogP contribution in [-0.2, 0) is 16.0 Å². The van der Waals surface area contributed by atoms with Crippen molar-refractivity contribution in [1.82, 2.24) is 10.2 Å². The number of imide groups is 1. The largest absolute Gasteiger partial charge is 0.325 e. The number of nitrogens with zero attached hydrogens (tertiary/aromatic N) is 1. The molecule has 1 fully saturated rings. The highest BCUT2D eigenvalue weighted by atomic mass is 16.2. The smallest absolute Gasteiger partial charge is 0.325 e. The minimum Gasteiger partial charge on any atom is -0.325 e. The normalized spacial score (nSPS) is 19.3. The minimum absolute atomic E-state index is 0.305. The van der Waals surface area contributed by atoms with Crippen LogP contribution in [0.2, 0.25) is 0 Å². The molecule has 6 nitrogen and oxygen atoms in total. The van der Waals surface area contributed by atoms with Gasteiger partial charge in [0.2, 0.25) is 5.91 Å². The number of amides is 4. The van der Waals surface area contributed by atoms with E-state index in [2.05, 4.69) is 10.6 Å². The number of urea groups is 1. The Bertz CT molecular complexity index is 808. The van der Waals surface area contributed by atoms with Gasteiger partial charge in [-0.15, -0.1) is 0 Å². The van der Waals surface area contributed by atoms with Gasteiger partial charge in [-0.25, -0.2) is 4.79 Å². The van der Waals surface area contributed by atoms with Crippen molar-refractivity contribution in [3.63, 3.8) is 0 Å². The summed E-state index contributed by atoms with van der Waals surface area (Å²) in [4.78, 5) is 38.1. The lowest BCUT2D eigenvalue weighted by molar-refractivity contribution is -0.133. The third kappa shape index (κ3) is 3.91. The molecule has 134 valence electrons. The Morgan fingerprint density at radius 3 is 2.31 bits per heavy atom. The van der Waals surface area contributed by atoms with Crippen molar-refractivity contribution in [3.8, 4) is 0 Å². The lowest BCUT2D eigenvalue weighted by Gasteiger charge is -2.21. The van der Waals surface area contributed by atoms with E-state index in [0.29, 0.717) is 18.5 Å². The highest BCUT2D eigenvalue weighted by Crippen LogP contribution is 2.23. The summed E-state index contributed by atoms with van der Waals surface area (Å²) in [6.07, 6.45) is 1.13. The van der Waals surface area contributed by atoms with E-state index in [1.165, 1.54) is 0 Å². The summed E-state index contributed by atoms with van der Waals surface area (Å²) in [5.74, 6) is -0.784. The van der Waals surface area contributed by atoms with Crippen molar-refractivity contribution < 1.29 is 14.4 Å². The topological polar surface area (TPSA) is 78.5 Å². The van der Waals surface area contributed by atoms with E-state index in [9.17, 15) is 14.4 Å². The first-order valence-corrected chi connectivity index (χ1v) is 8.51. The maximum atomic E-state index is 12.7. The van der Waals surface area contributed by atoms with Crippen LogP contribution in [0, 0.1) is 0 Å². The van der Waals surface area contributed by atoms with Crippen LogP contribution in [0.5, 0.6) is 0 Å². The molecule has 0 bridgehead atoms. The molecule has 0 saturated carbocycles. The van der Waals surface area contributed by atoms with Gasteiger partial charge in [0.15, 0.2) is 0 Å². The first kappa shape index (κ1) is 17.7.